The molecule has 36 heavy (non-hydrogen) atoms. The maximum atomic E-state index is 13.7. The SMILES string of the molecule is CCC(C(=O)NC)N(Cc1ccc(C)cc1)C(=O)CN(c1ccccc1)S(=O)(=O)c1ccc(F)cc1. The first-order valence-electron chi connectivity index (χ1n) is 11.6. The van der Waals surface area contributed by atoms with Crippen molar-refractivity contribution in [2.24, 2.45) is 0 Å². The second-order valence-electron chi connectivity index (χ2n) is 8.35. The predicted molar refractivity (Wildman–Crippen MR) is 137 cm³/mol. The molecule has 9 heteroatoms. The number of nitrogens with zero attached hydrogens (tertiary/aromatic N) is 2. The van der Waals surface area contributed by atoms with E-state index < -0.39 is 34.3 Å². The van der Waals surface area contributed by atoms with Gasteiger partial charge in [0.25, 0.3) is 10.0 Å². The molecule has 3 aromatic carbocycles. The van der Waals surface area contributed by atoms with Gasteiger partial charge in [-0.25, -0.2) is 12.8 Å². The first-order valence-corrected chi connectivity index (χ1v) is 13.0. The Morgan fingerprint density at radius 1 is 0.944 bits per heavy atom. The molecular formula is C27H30FN3O4S. The van der Waals surface area contributed by atoms with E-state index >= 15 is 0 Å². The van der Waals surface area contributed by atoms with E-state index in [4.69, 9.17) is 0 Å². The van der Waals surface area contributed by atoms with Gasteiger partial charge in [-0.15, -0.1) is 0 Å². The quantitative estimate of drug-likeness (QED) is 0.448. The highest BCUT2D eigenvalue weighted by Crippen LogP contribution is 2.25. The van der Waals surface area contributed by atoms with Crippen LogP contribution in [0.2, 0.25) is 0 Å². The number of carbonyl (C=O) groups is 2. The van der Waals surface area contributed by atoms with Crippen molar-refractivity contribution in [1.82, 2.24) is 10.2 Å². The lowest BCUT2D eigenvalue weighted by Crippen LogP contribution is -2.51. The number of hydrogen-bond donors (Lipinski definition) is 1. The van der Waals surface area contributed by atoms with Crippen LogP contribution >= 0.6 is 0 Å². The van der Waals surface area contributed by atoms with Gasteiger partial charge in [0, 0.05) is 13.6 Å². The summed E-state index contributed by atoms with van der Waals surface area (Å²) in [7, 11) is -2.72. The summed E-state index contributed by atoms with van der Waals surface area (Å²) in [6.07, 6.45) is 0.341. The van der Waals surface area contributed by atoms with E-state index in [1.165, 1.54) is 11.9 Å². The van der Waals surface area contributed by atoms with E-state index in [1.807, 2.05) is 31.2 Å². The number of rotatable bonds is 10. The number of nitrogens with one attached hydrogen (secondary N) is 1. The highest BCUT2D eigenvalue weighted by Gasteiger charge is 2.33. The van der Waals surface area contributed by atoms with E-state index in [2.05, 4.69) is 5.32 Å². The Kier molecular flexibility index (Phi) is 8.82. The van der Waals surface area contributed by atoms with Crippen LogP contribution in [0.1, 0.15) is 24.5 Å². The number of sulfonamides is 1. The molecule has 0 aromatic heterocycles. The number of para-hydroxylation sites is 1. The summed E-state index contributed by atoms with van der Waals surface area (Å²) < 4.78 is 41.6. The molecule has 0 bridgehead atoms. The highest BCUT2D eigenvalue weighted by molar-refractivity contribution is 7.92. The Hall–Kier alpha value is -3.72. The summed E-state index contributed by atoms with van der Waals surface area (Å²) in [6.45, 7) is 3.33. The lowest BCUT2D eigenvalue weighted by Gasteiger charge is -2.33. The van der Waals surface area contributed by atoms with Gasteiger partial charge in [-0.1, -0.05) is 55.0 Å². The van der Waals surface area contributed by atoms with Gasteiger partial charge in [-0.2, -0.15) is 0 Å². The van der Waals surface area contributed by atoms with Crippen molar-refractivity contribution in [2.75, 3.05) is 17.9 Å². The molecule has 7 nitrogen and oxygen atoms in total. The zero-order valence-corrected chi connectivity index (χ0v) is 21.3. The van der Waals surface area contributed by atoms with Crippen molar-refractivity contribution < 1.29 is 22.4 Å². The van der Waals surface area contributed by atoms with Gasteiger partial charge in [-0.05, 0) is 55.3 Å². The normalized spacial score (nSPS) is 12.0. The van der Waals surface area contributed by atoms with E-state index in [0.717, 1.165) is 39.7 Å². The molecule has 0 spiro atoms. The zero-order valence-electron chi connectivity index (χ0n) is 20.5. The molecule has 0 aliphatic rings. The smallest absolute Gasteiger partial charge is 0.264 e. The zero-order chi connectivity index (χ0) is 26.3. The van der Waals surface area contributed by atoms with Crippen LogP contribution in [0.5, 0.6) is 0 Å². The van der Waals surface area contributed by atoms with Gasteiger partial charge in [0.2, 0.25) is 11.8 Å². The Morgan fingerprint density at radius 3 is 2.11 bits per heavy atom. The Bertz CT molecular complexity index is 1280. The summed E-state index contributed by atoms with van der Waals surface area (Å²) in [6, 6.07) is 19.4. The Balaban J connectivity index is 2.02. The Labute approximate surface area is 211 Å². The van der Waals surface area contributed by atoms with Gasteiger partial charge in [0.1, 0.15) is 18.4 Å². The fourth-order valence-corrected chi connectivity index (χ4v) is 5.25. The fourth-order valence-electron chi connectivity index (χ4n) is 3.83. The maximum Gasteiger partial charge on any atom is 0.264 e. The minimum Gasteiger partial charge on any atom is -0.357 e. The van der Waals surface area contributed by atoms with Crippen LogP contribution in [0, 0.1) is 12.7 Å². The van der Waals surface area contributed by atoms with E-state index in [-0.39, 0.29) is 23.0 Å². The number of carbonyl (C=O) groups excluding carboxylic acids is 2. The molecule has 1 N–H and O–H groups in total. The number of likely N-dealkylation sites (N-methyl/N-ethyl adjacent to an activating group) is 1. The molecule has 0 saturated carbocycles. The molecule has 0 radical (unpaired) electrons. The van der Waals surface area contributed by atoms with Crippen LogP contribution in [-0.4, -0.2) is 44.8 Å². The van der Waals surface area contributed by atoms with E-state index in [0.29, 0.717) is 6.42 Å². The van der Waals surface area contributed by atoms with Gasteiger partial charge < -0.3 is 10.2 Å². The van der Waals surface area contributed by atoms with Crippen LogP contribution < -0.4 is 9.62 Å². The van der Waals surface area contributed by atoms with Crippen LogP contribution in [-0.2, 0) is 26.2 Å². The Morgan fingerprint density at radius 2 is 1.56 bits per heavy atom. The molecule has 0 fully saturated rings. The first kappa shape index (κ1) is 26.9. The molecule has 3 aromatic rings. The summed E-state index contributed by atoms with van der Waals surface area (Å²) in [4.78, 5) is 27.7. The van der Waals surface area contributed by atoms with Crippen molar-refractivity contribution in [3.8, 4) is 0 Å². The minimum atomic E-state index is -4.22. The molecule has 190 valence electrons. The summed E-state index contributed by atoms with van der Waals surface area (Å²) in [5, 5.41) is 2.59. The third kappa shape index (κ3) is 6.28. The van der Waals surface area contributed by atoms with Crippen LogP contribution in [0.15, 0.2) is 83.8 Å². The second kappa shape index (κ2) is 11.8. The summed E-state index contributed by atoms with van der Waals surface area (Å²) in [5.41, 5.74) is 2.14. The summed E-state index contributed by atoms with van der Waals surface area (Å²) >= 11 is 0. The van der Waals surface area contributed by atoms with Crippen molar-refractivity contribution in [1.29, 1.82) is 0 Å². The van der Waals surface area contributed by atoms with Crippen molar-refractivity contribution >= 4 is 27.5 Å². The number of benzene rings is 3. The third-order valence-corrected chi connectivity index (χ3v) is 7.62. The molecule has 2 amide bonds. The largest absolute Gasteiger partial charge is 0.357 e. The van der Waals surface area contributed by atoms with Crippen LogP contribution in [0.25, 0.3) is 0 Å². The number of hydrogen-bond acceptors (Lipinski definition) is 4. The lowest BCUT2D eigenvalue weighted by atomic mass is 10.1. The summed E-state index contributed by atoms with van der Waals surface area (Å²) in [5.74, 6) is -1.46. The van der Waals surface area contributed by atoms with Crippen molar-refractivity contribution in [3.63, 3.8) is 0 Å². The van der Waals surface area contributed by atoms with Crippen LogP contribution in [0.3, 0.4) is 0 Å². The second-order valence-corrected chi connectivity index (χ2v) is 10.2. The average molecular weight is 512 g/mol. The average Bonchev–Trinajstić information content (AvgIpc) is 2.88. The van der Waals surface area contributed by atoms with Gasteiger partial charge in [0.15, 0.2) is 0 Å². The topological polar surface area (TPSA) is 86.8 Å². The maximum absolute atomic E-state index is 13.7. The first-order chi connectivity index (χ1) is 17.2. The molecule has 1 atom stereocenters. The van der Waals surface area contributed by atoms with E-state index in [9.17, 15) is 22.4 Å². The molecule has 3 rings (SSSR count). The van der Waals surface area contributed by atoms with Crippen LogP contribution in [0.4, 0.5) is 10.1 Å². The van der Waals surface area contributed by atoms with E-state index in [1.54, 1.807) is 37.3 Å². The fraction of sp³-hybridized carbons (Fsp3) is 0.259. The molecule has 0 saturated heterocycles. The molecule has 1 unspecified atom stereocenters. The molecule has 0 aliphatic heterocycles. The number of aryl methyl sites for hydroxylation is 1. The van der Waals surface area contributed by atoms with Gasteiger partial charge in [-0.3, -0.25) is 13.9 Å². The standard InChI is InChI=1S/C27H30FN3O4S/c1-4-25(27(33)29-3)30(18-21-12-10-20(2)11-13-21)26(32)19-31(23-8-6-5-7-9-23)36(34,35)24-16-14-22(28)15-17-24/h5-17,25H,4,18-19H2,1-3H3,(H,29,33). The number of anilines is 1. The lowest BCUT2D eigenvalue weighted by molar-refractivity contribution is -0.140. The number of halogens is 1. The molecular weight excluding hydrogens is 481 g/mol. The molecule has 0 aliphatic carbocycles. The minimum absolute atomic E-state index is 0.129. The predicted octanol–water partition coefficient (Wildman–Crippen LogP) is 3.88. The van der Waals surface area contributed by atoms with Crippen molar-refractivity contribution in [3.05, 3.63) is 95.8 Å². The van der Waals surface area contributed by atoms with Gasteiger partial charge in [0.05, 0.1) is 10.6 Å². The number of amides is 2. The monoisotopic (exact) mass is 511 g/mol. The van der Waals surface area contributed by atoms with Gasteiger partial charge >= 0.3 is 0 Å². The third-order valence-electron chi connectivity index (χ3n) is 5.83. The van der Waals surface area contributed by atoms with Crippen molar-refractivity contribution in [2.45, 2.75) is 37.8 Å². The molecule has 0 heterocycles. The highest BCUT2D eigenvalue weighted by atomic mass is 32.2.